The lowest BCUT2D eigenvalue weighted by molar-refractivity contribution is -0.384. The lowest BCUT2D eigenvalue weighted by Gasteiger charge is -2.36. The van der Waals surface area contributed by atoms with Crippen molar-refractivity contribution in [3.05, 3.63) is 58.6 Å². The van der Waals surface area contributed by atoms with Gasteiger partial charge in [-0.3, -0.25) is 15.0 Å². The van der Waals surface area contributed by atoms with Gasteiger partial charge in [0.05, 0.1) is 30.4 Å². The number of anilines is 1. The number of ether oxygens (including phenoxy) is 2. The van der Waals surface area contributed by atoms with Crippen LogP contribution in [0.15, 0.2) is 48.5 Å². The van der Waals surface area contributed by atoms with Crippen LogP contribution in [0.4, 0.5) is 11.4 Å². The quantitative estimate of drug-likeness (QED) is 0.348. The second kappa shape index (κ2) is 12.4. The molecule has 1 aliphatic heterocycles. The van der Waals surface area contributed by atoms with Gasteiger partial charge in [-0.2, -0.15) is 0 Å². The van der Waals surface area contributed by atoms with Gasteiger partial charge in [-0.1, -0.05) is 18.2 Å². The van der Waals surface area contributed by atoms with E-state index < -0.39 is 4.92 Å². The summed E-state index contributed by atoms with van der Waals surface area (Å²) in [6.45, 7) is 5.42. The van der Waals surface area contributed by atoms with Crippen LogP contribution in [-0.4, -0.2) is 56.3 Å². The highest BCUT2D eigenvalue weighted by atomic mass is 35.5. The van der Waals surface area contributed by atoms with Gasteiger partial charge in [-0.25, -0.2) is 0 Å². The molecular formula is C20H27Cl2N3O4. The van der Waals surface area contributed by atoms with Gasteiger partial charge in [0.1, 0.15) is 11.5 Å². The standard InChI is InChI=1S/C20H25N3O4.2ClH/c1-26-20-9-3-2-8-19(20)22-13-11-21(12-14-22)10-5-15-27-18-7-4-6-17(16-18)23(24)25;;/h2-4,6-9,16H,5,10-15H2,1H3;2*1H. The van der Waals surface area contributed by atoms with Crippen molar-refractivity contribution in [2.24, 2.45) is 0 Å². The van der Waals surface area contributed by atoms with Crippen LogP contribution in [0.5, 0.6) is 11.5 Å². The summed E-state index contributed by atoms with van der Waals surface area (Å²) in [5.41, 5.74) is 1.20. The summed E-state index contributed by atoms with van der Waals surface area (Å²) in [5, 5.41) is 10.8. The SMILES string of the molecule is COc1ccccc1N1CCN(CCCOc2cccc([N+](=O)[O-])c2)CC1.Cl.Cl. The molecule has 2 aromatic rings. The number of piperazine rings is 1. The van der Waals surface area contributed by atoms with E-state index >= 15 is 0 Å². The highest BCUT2D eigenvalue weighted by Crippen LogP contribution is 2.28. The molecule has 2 aromatic carbocycles. The number of non-ortho nitro benzene ring substituents is 1. The molecular weight excluding hydrogens is 417 g/mol. The molecule has 0 saturated carbocycles. The molecule has 3 rings (SSSR count). The summed E-state index contributed by atoms with van der Waals surface area (Å²) in [6, 6.07) is 14.4. The maximum Gasteiger partial charge on any atom is 0.273 e. The van der Waals surface area contributed by atoms with E-state index in [0.29, 0.717) is 12.4 Å². The monoisotopic (exact) mass is 443 g/mol. The van der Waals surface area contributed by atoms with Crippen molar-refractivity contribution in [1.29, 1.82) is 0 Å². The molecule has 1 heterocycles. The number of halogens is 2. The first kappa shape index (κ1) is 24.8. The fraction of sp³-hybridized carbons (Fsp3) is 0.400. The Balaban J connectivity index is 0.00000210. The Morgan fingerprint density at radius 2 is 1.76 bits per heavy atom. The molecule has 0 spiro atoms. The van der Waals surface area contributed by atoms with Crippen molar-refractivity contribution in [1.82, 2.24) is 4.90 Å². The van der Waals surface area contributed by atoms with Crippen LogP contribution in [0, 0.1) is 10.1 Å². The van der Waals surface area contributed by atoms with Crippen molar-refractivity contribution in [2.75, 3.05) is 51.3 Å². The van der Waals surface area contributed by atoms with Gasteiger partial charge < -0.3 is 14.4 Å². The second-order valence-corrected chi connectivity index (χ2v) is 6.46. The first-order valence-corrected chi connectivity index (χ1v) is 9.15. The van der Waals surface area contributed by atoms with Gasteiger partial charge in [0.2, 0.25) is 0 Å². The zero-order valence-corrected chi connectivity index (χ0v) is 18.0. The van der Waals surface area contributed by atoms with E-state index in [4.69, 9.17) is 9.47 Å². The Kier molecular flexibility index (Phi) is 10.6. The molecule has 29 heavy (non-hydrogen) atoms. The van der Waals surface area contributed by atoms with Crippen molar-refractivity contribution in [2.45, 2.75) is 6.42 Å². The summed E-state index contributed by atoms with van der Waals surface area (Å²) in [5.74, 6) is 1.46. The average molecular weight is 444 g/mol. The third-order valence-electron chi connectivity index (χ3n) is 4.71. The van der Waals surface area contributed by atoms with Crippen LogP contribution in [0.3, 0.4) is 0 Å². The van der Waals surface area contributed by atoms with Crippen molar-refractivity contribution in [3.63, 3.8) is 0 Å². The maximum atomic E-state index is 10.8. The van der Waals surface area contributed by atoms with E-state index in [1.54, 1.807) is 19.2 Å². The number of para-hydroxylation sites is 2. The summed E-state index contributed by atoms with van der Waals surface area (Å²) >= 11 is 0. The van der Waals surface area contributed by atoms with Crippen LogP contribution in [0.25, 0.3) is 0 Å². The van der Waals surface area contributed by atoms with Gasteiger partial charge in [0.25, 0.3) is 5.69 Å². The zero-order valence-electron chi connectivity index (χ0n) is 16.4. The summed E-state index contributed by atoms with van der Waals surface area (Å²) in [6.07, 6.45) is 0.886. The van der Waals surface area contributed by atoms with E-state index in [-0.39, 0.29) is 30.5 Å². The molecule has 7 nitrogen and oxygen atoms in total. The largest absolute Gasteiger partial charge is 0.495 e. The van der Waals surface area contributed by atoms with Crippen LogP contribution in [-0.2, 0) is 0 Å². The highest BCUT2D eigenvalue weighted by Gasteiger charge is 2.19. The molecule has 1 aliphatic rings. The molecule has 0 N–H and O–H groups in total. The molecule has 1 saturated heterocycles. The van der Waals surface area contributed by atoms with E-state index in [1.807, 2.05) is 18.2 Å². The molecule has 0 radical (unpaired) electrons. The average Bonchev–Trinajstić information content (AvgIpc) is 2.72. The fourth-order valence-electron chi connectivity index (χ4n) is 3.27. The number of benzene rings is 2. The van der Waals surface area contributed by atoms with Crippen molar-refractivity contribution < 1.29 is 14.4 Å². The number of nitro benzene ring substituents is 1. The maximum absolute atomic E-state index is 10.8. The van der Waals surface area contributed by atoms with Gasteiger partial charge in [0.15, 0.2) is 0 Å². The Hall–Kier alpha value is -2.22. The van der Waals surface area contributed by atoms with E-state index in [9.17, 15) is 10.1 Å². The molecule has 1 fully saturated rings. The number of nitro groups is 1. The minimum absolute atomic E-state index is 0. The normalized spacial score (nSPS) is 13.8. The summed E-state index contributed by atoms with van der Waals surface area (Å²) in [4.78, 5) is 15.2. The van der Waals surface area contributed by atoms with Gasteiger partial charge in [-0.05, 0) is 24.6 Å². The lowest BCUT2D eigenvalue weighted by atomic mass is 10.2. The number of hydrogen-bond donors (Lipinski definition) is 0. The highest BCUT2D eigenvalue weighted by molar-refractivity contribution is 5.85. The molecule has 160 valence electrons. The van der Waals surface area contributed by atoms with Crippen LogP contribution in [0.1, 0.15) is 6.42 Å². The Labute approximate surface area is 183 Å². The van der Waals surface area contributed by atoms with E-state index in [1.165, 1.54) is 12.1 Å². The Morgan fingerprint density at radius 1 is 1.03 bits per heavy atom. The first-order valence-electron chi connectivity index (χ1n) is 9.15. The Bertz CT molecular complexity index is 771. The van der Waals surface area contributed by atoms with Crippen LogP contribution < -0.4 is 14.4 Å². The predicted molar refractivity (Wildman–Crippen MR) is 119 cm³/mol. The van der Waals surface area contributed by atoms with Crippen molar-refractivity contribution >= 4 is 36.2 Å². The molecule has 0 amide bonds. The summed E-state index contributed by atoms with van der Waals surface area (Å²) in [7, 11) is 1.70. The van der Waals surface area contributed by atoms with Gasteiger partial charge in [0, 0.05) is 38.8 Å². The topological polar surface area (TPSA) is 68.1 Å². The number of methoxy groups -OCH3 is 1. The van der Waals surface area contributed by atoms with Gasteiger partial charge >= 0.3 is 0 Å². The Morgan fingerprint density at radius 3 is 2.45 bits per heavy atom. The lowest BCUT2D eigenvalue weighted by Crippen LogP contribution is -2.46. The molecule has 0 bridgehead atoms. The van der Waals surface area contributed by atoms with Crippen molar-refractivity contribution in [3.8, 4) is 11.5 Å². The summed E-state index contributed by atoms with van der Waals surface area (Å²) < 4.78 is 11.1. The minimum Gasteiger partial charge on any atom is -0.495 e. The zero-order chi connectivity index (χ0) is 19.1. The smallest absolute Gasteiger partial charge is 0.273 e. The number of hydrogen-bond acceptors (Lipinski definition) is 6. The van der Waals surface area contributed by atoms with E-state index in [0.717, 1.165) is 50.6 Å². The molecule has 0 atom stereocenters. The first-order chi connectivity index (χ1) is 13.2. The molecule has 9 heteroatoms. The number of rotatable bonds is 8. The third kappa shape index (κ3) is 6.96. The molecule has 0 aliphatic carbocycles. The minimum atomic E-state index is -0.409. The van der Waals surface area contributed by atoms with Crippen LogP contribution in [0.2, 0.25) is 0 Å². The predicted octanol–water partition coefficient (Wildman–Crippen LogP) is 4.04. The van der Waals surface area contributed by atoms with Crippen LogP contribution >= 0.6 is 24.8 Å². The molecule has 0 aromatic heterocycles. The van der Waals surface area contributed by atoms with Gasteiger partial charge in [-0.15, -0.1) is 24.8 Å². The number of nitrogens with zero attached hydrogens (tertiary/aromatic N) is 3. The fourth-order valence-corrected chi connectivity index (χ4v) is 3.27. The second-order valence-electron chi connectivity index (χ2n) is 6.46. The third-order valence-corrected chi connectivity index (χ3v) is 4.71. The molecule has 0 unspecified atom stereocenters. The van der Waals surface area contributed by atoms with E-state index in [2.05, 4.69) is 15.9 Å².